The van der Waals surface area contributed by atoms with Gasteiger partial charge in [0.1, 0.15) is 6.07 Å². The van der Waals surface area contributed by atoms with E-state index in [9.17, 15) is 10.1 Å². The number of nitrogens with zero attached hydrogens (tertiary/aromatic N) is 4. The lowest BCUT2D eigenvalue weighted by atomic mass is 9.94. The minimum Gasteiger partial charge on any atom is -0.378 e. The van der Waals surface area contributed by atoms with Crippen LogP contribution in [0.5, 0.6) is 0 Å². The highest BCUT2D eigenvalue weighted by molar-refractivity contribution is 5.94. The topological polar surface area (TPSA) is 69.5 Å². The predicted molar refractivity (Wildman–Crippen MR) is 98.8 cm³/mol. The standard InChI is InChI=1S/C20H22N4O2/c21-13-16-14-22-18-4-2-1-3-17(18)19(16)23-7-5-15(6-8-23)20(25)24-9-11-26-12-10-24/h1-4,14-15H,5-12H2. The number of benzene rings is 1. The molecule has 0 radical (unpaired) electrons. The van der Waals surface area contributed by atoms with E-state index in [-0.39, 0.29) is 11.8 Å². The van der Waals surface area contributed by atoms with Gasteiger partial charge in [0.05, 0.1) is 30.0 Å². The minimum absolute atomic E-state index is 0.0722. The van der Waals surface area contributed by atoms with Crippen molar-refractivity contribution < 1.29 is 9.53 Å². The summed E-state index contributed by atoms with van der Waals surface area (Å²) in [7, 11) is 0. The Morgan fingerprint density at radius 2 is 1.88 bits per heavy atom. The van der Waals surface area contributed by atoms with E-state index in [0.29, 0.717) is 31.9 Å². The highest BCUT2D eigenvalue weighted by atomic mass is 16.5. The van der Waals surface area contributed by atoms with Gasteiger partial charge < -0.3 is 14.5 Å². The maximum absolute atomic E-state index is 12.7. The number of para-hydroxylation sites is 1. The molecule has 26 heavy (non-hydrogen) atoms. The van der Waals surface area contributed by atoms with Crippen LogP contribution < -0.4 is 4.90 Å². The van der Waals surface area contributed by atoms with Gasteiger partial charge in [0.15, 0.2) is 0 Å². The molecule has 6 heteroatoms. The molecule has 2 aliphatic heterocycles. The Morgan fingerprint density at radius 3 is 2.62 bits per heavy atom. The molecule has 0 atom stereocenters. The minimum atomic E-state index is 0.0722. The molecule has 0 saturated carbocycles. The largest absolute Gasteiger partial charge is 0.378 e. The van der Waals surface area contributed by atoms with E-state index in [1.165, 1.54) is 0 Å². The number of fused-ring (bicyclic) bond motifs is 1. The van der Waals surface area contributed by atoms with Crippen LogP contribution in [-0.4, -0.2) is 55.2 Å². The van der Waals surface area contributed by atoms with Crippen LogP contribution in [0.25, 0.3) is 10.9 Å². The maximum Gasteiger partial charge on any atom is 0.225 e. The Bertz CT molecular complexity index is 847. The Balaban J connectivity index is 1.52. The second-order valence-electron chi connectivity index (χ2n) is 6.85. The summed E-state index contributed by atoms with van der Waals surface area (Å²) in [5.41, 5.74) is 2.45. The number of hydrogen-bond acceptors (Lipinski definition) is 5. The highest BCUT2D eigenvalue weighted by Gasteiger charge is 2.30. The number of carbonyl (C=O) groups is 1. The molecule has 1 amide bonds. The van der Waals surface area contributed by atoms with E-state index in [2.05, 4.69) is 16.0 Å². The summed E-state index contributed by atoms with van der Waals surface area (Å²) in [6, 6.07) is 10.2. The summed E-state index contributed by atoms with van der Waals surface area (Å²) in [6.07, 6.45) is 3.29. The normalized spacial score (nSPS) is 18.7. The van der Waals surface area contributed by atoms with E-state index >= 15 is 0 Å². The first-order valence-corrected chi connectivity index (χ1v) is 9.17. The molecule has 2 fully saturated rings. The van der Waals surface area contributed by atoms with Gasteiger partial charge in [0, 0.05) is 43.7 Å². The van der Waals surface area contributed by atoms with Crippen LogP contribution >= 0.6 is 0 Å². The third-order valence-electron chi connectivity index (χ3n) is 5.35. The number of nitriles is 1. The summed E-state index contributed by atoms with van der Waals surface area (Å²) < 4.78 is 5.34. The SMILES string of the molecule is N#Cc1cnc2ccccc2c1N1CCC(C(=O)N2CCOCC2)CC1. The number of morpholine rings is 1. The molecular formula is C20H22N4O2. The predicted octanol–water partition coefficient (Wildman–Crippen LogP) is 2.18. The van der Waals surface area contributed by atoms with Crippen molar-refractivity contribution in [3.05, 3.63) is 36.0 Å². The van der Waals surface area contributed by atoms with Gasteiger partial charge in [-0.2, -0.15) is 5.26 Å². The maximum atomic E-state index is 12.7. The lowest BCUT2D eigenvalue weighted by Gasteiger charge is -2.37. The van der Waals surface area contributed by atoms with Gasteiger partial charge in [-0.3, -0.25) is 9.78 Å². The second-order valence-corrected chi connectivity index (χ2v) is 6.85. The zero-order valence-electron chi connectivity index (χ0n) is 14.7. The van der Waals surface area contributed by atoms with E-state index < -0.39 is 0 Å². The lowest BCUT2D eigenvalue weighted by Crippen LogP contribution is -2.47. The molecule has 134 valence electrons. The van der Waals surface area contributed by atoms with Crippen molar-refractivity contribution in [2.24, 2.45) is 5.92 Å². The zero-order chi connectivity index (χ0) is 17.9. The molecular weight excluding hydrogens is 328 g/mol. The molecule has 0 bridgehead atoms. The molecule has 6 nitrogen and oxygen atoms in total. The number of piperidine rings is 1. The average molecular weight is 350 g/mol. The smallest absolute Gasteiger partial charge is 0.225 e. The van der Waals surface area contributed by atoms with Gasteiger partial charge in [-0.25, -0.2) is 0 Å². The van der Waals surface area contributed by atoms with Gasteiger partial charge in [0.25, 0.3) is 0 Å². The van der Waals surface area contributed by atoms with Gasteiger partial charge in [-0.1, -0.05) is 18.2 Å². The Morgan fingerprint density at radius 1 is 1.15 bits per heavy atom. The molecule has 3 heterocycles. The molecule has 1 aromatic heterocycles. The summed E-state index contributed by atoms with van der Waals surface area (Å²) in [5.74, 6) is 0.330. The third-order valence-corrected chi connectivity index (χ3v) is 5.35. The van der Waals surface area contributed by atoms with Crippen molar-refractivity contribution >= 4 is 22.5 Å². The van der Waals surface area contributed by atoms with Crippen LogP contribution in [-0.2, 0) is 9.53 Å². The zero-order valence-corrected chi connectivity index (χ0v) is 14.7. The van der Waals surface area contributed by atoms with E-state index in [1.807, 2.05) is 29.2 Å². The molecule has 0 N–H and O–H groups in total. The molecule has 0 aliphatic carbocycles. The monoisotopic (exact) mass is 350 g/mol. The van der Waals surface area contributed by atoms with Crippen molar-refractivity contribution in [3.63, 3.8) is 0 Å². The summed E-state index contributed by atoms with van der Waals surface area (Å²) in [5, 5.41) is 10.5. The molecule has 4 rings (SSSR count). The van der Waals surface area contributed by atoms with Crippen molar-refractivity contribution in [3.8, 4) is 6.07 Å². The summed E-state index contributed by atoms with van der Waals surface area (Å²) >= 11 is 0. The summed E-state index contributed by atoms with van der Waals surface area (Å²) in [6.45, 7) is 4.24. The Hall–Kier alpha value is -2.65. The van der Waals surface area contributed by atoms with E-state index in [1.54, 1.807) is 6.20 Å². The number of anilines is 1. The van der Waals surface area contributed by atoms with E-state index in [4.69, 9.17) is 4.74 Å². The fraction of sp³-hybridized carbons (Fsp3) is 0.450. The molecule has 2 aliphatic rings. The highest BCUT2D eigenvalue weighted by Crippen LogP contribution is 2.32. The number of aromatic nitrogens is 1. The van der Waals surface area contributed by atoms with Gasteiger partial charge in [-0.15, -0.1) is 0 Å². The number of carbonyl (C=O) groups excluding carboxylic acids is 1. The van der Waals surface area contributed by atoms with E-state index in [0.717, 1.165) is 42.5 Å². The quantitative estimate of drug-likeness (QED) is 0.830. The van der Waals surface area contributed by atoms with Crippen molar-refractivity contribution in [1.29, 1.82) is 5.26 Å². The first-order valence-electron chi connectivity index (χ1n) is 9.17. The number of hydrogen-bond donors (Lipinski definition) is 0. The lowest BCUT2D eigenvalue weighted by molar-refractivity contribution is -0.140. The van der Waals surface area contributed by atoms with Crippen molar-refractivity contribution in [1.82, 2.24) is 9.88 Å². The molecule has 2 aromatic rings. The Labute approximate surface area is 153 Å². The van der Waals surface area contributed by atoms with Gasteiger partial charge in [-0.05, 0) is 18.9 Å². The van der Waals surface area contributed by atoms with Crippen LogP contribution in [0, 0.1) is 17.2 Å². The number of amides is 1. The van der Waals surface area contributed by atoms with Crippen molar-refractivity contribution in [2.75, 3.05) is 44.3 Å². The molecule has 2 saturated heterocycles. The first kappa shape index (κ1) is 16.8. The van der Waals surface area contributed by atoms with Crippen molar-refractivity contribution in [2.45, 2.75) is 12.8 Å². The van der Waals surface area contributed by atoms with Crippen LogP contribution in [0.2, 0.25) is 0 Å². The Kier molecular flexibility index (Phi) is 4.72. The van der Waals surface area contributed by atoms with Crippen LogP contribution in [0.15, 0.2) is 30.5 Å². The number of rotatable bonds is 2. The number of ether oxygens (including phenoxy) is 1. The van der Waals surface area contributed by atoms with Crippen LogP contribution in [0.1, 0.15) is 18.4 Å². The van der Waals surface area contributed by atoms with Crippen LogP contribution in [0.3, 0.4) is 0 Å². The number of pyridine rings is 1. The van der Waals surface area contributed by atoms with Crippen LogP contribution in [0.4, 0.5) is 5.69 Å². The molecule has 1 aromatic carbocycles. The fourth-order valence-corrected chi connectivity index (χ4v) is 3.94. The molecule has 0 unspecified atom stereocenters. The van der Waals surface area contributed by atoms with Gasteiger partial charge >= 0.3 is 0 Å². The second kappa shape index (κ2) is 7.30. The average Bonchev–Trinajstić information content (AvgIpc) is 2.73. The fourth-order valence-electron chi connectivity index (χ4n) is 3.94. The third kappa shape index (κ3) is 3.11. The van der Waals surface area contributed by atoms with Gasteiger partial charge in [0.2, 0.25) is 5.91 Å². The summed E-state index contributed by atoms with van der Waals surface area (Å²) in [4.78, 5) is 21.3. The first-order chi connectivity index (χ1) is 12.8. The molecule has 0 spiro atoms.